The van der Waals surface area contributed by atoms with Crippen LogP contribution < -0.4 is 0 Å². The van der Waals surface area contributed by atoms with Crippen LogP contribution in [-0.2, 0) is 6.42 Å². The zero-order valence-electron chi connectivity index (χ0n) is 12.9. The summed E-state index contributed by atoms with van der Waals surface area (Å²) in [7, 11) is 1.81. The number of hydrogen-bond acceptors (Lipinski definition) is 3. The summed E-state index contributed by atoms with van der Waals surface area (Å²) < 4.78 is 0. The van der Waals surface area contributed by atoms with Gasteiger partial charge in [0.2, 0.25) is 0 Å². The highest BCUT2D eigenvalue weighted by molar-refractivity contribution is 5.97. The summed E-state index contributed by atoms with van der Waals surface area (Å²) in [5.41, 5.74) is 1.44. The fourth-order valence-electron chi connectivity index (χ4n) is 3.04. The highest BCUT2D eigenvalue weighted by Crippen LogP contribution is 2.29. The van der Waals surface area contributed by atoms with E-state index in [9.17, 15) is 15.0 Å². The Hall–Kier alpha value is -1.55. The van der Waals surface area contributed by atoms with E-state index in [4.69, 9.17) is 0 Å². The normalized spacial score (nSPS) is 22.0. The third-order valence-corrected chi connectivity index (χ3v) is 4.64. The molecule has 2 N–H and O–H groups in total. The van der Waals surface area contributed by atoms with Gasteiger partial charge >= 0.3 is 0 Å². The molecule has 1 saturated carbocycles. The van der Waals surface area contributed by atoms with Crippen LogP contribution in [0.25, 0.3) is 0 Å². The molecular formula is C17H25NO3. The molecule has 1 fully saturated rings. The highest BCUT2D eigenvalue weighted by Gasteiger charge is 2.27. The molecule has 0 aromatic heterocycles. The zero-order chi connectivity index (χ0) is 15.4. The average molecular weight is 291 g/mol. The van der Waals surface area contributed by atoms with Crippen molar-refractivity contribution in [3.8, 4) is 5.75 Å². The average Bonchev–Trinajstić information content (AvgIpc) is 2.54. The Labute approximate surface area is 126 Å². The summed E-state index contributed by atoms with van der Waals surface area (Å²) in [4.78, 5) is 14.4. The Kier molecular flexibility index (Phi) is 5.23. The van der Waals surface area contributed by atoms with Crippen LogP contribution in [0, 0.1) is 5.92 Å². The van der Waals surface area contributed by atoms with Gasteiger partial charge in [-0.15, -0.1) is 0 Å². The van der Waals surface area contributed by atoms with Crippen molar-refractivity contribution in [3.05, 3.63) is 29.3 Å². The van der Waals surface area contributed by atoms with Gasteiger partial charge in [-0.05, 0) is 55.7 Å². The number of aliphatic hydroxyl groups excluding tert-OH is 1. The summed E-state index contributed by atoms with van der Waals surface area (Å²) in [6.07, 6.45) is 4.59. The Morgan fingerprint density at radius 3 is 2.52 bits per heavy atom. The fraction of sp³-hybridized carbons (Fsp3) is 0.588. The number of amides is 1. The molecule has 1 aromatic rings. The van der Waals surface area contributed by atoms with E-state index >= 15 is 0 Å². The Bertz CT molecular complexity index is 493. The molecule has 0 spiro atoms. The van der Waals surface area contributed by atoms with E-state index in [0.29, 0.717) is 11.5 Å². The van der Waals surface area contributed by atoms with Crippen LogP contribution in [0.2, 0.25) is 0 Å². The number of carbonyl (C=O) groups excluding carboxylic acids is 1. The lowest BCUT2D eigenvalue weighted by Gasteiger charge is -2.34. The molecule has 1 aliphatic rings. The fourth-order valence-corrected chi connectivity index (χ4v) is 3.04. The largest absolute Gasteiger partial charge is 0.507 e. The first-order valence-electron chi connectivity index (χ1n) is 7.76. The quantitative estimate of drug-likeness (QED) is 0.896. The van der Waals surface area contributed by atoms with Gasteiger partial charge in [-0.25, -0.2) is 0 Å². The van der Waals surface area contributed by atoms with Crippen LogP contribution in [0.5, 0.6) is 5.75 Å². The number of benzene rings is 1. The van der Waals surface area contributed by atoms with Gasteiger partial charge in [-0.1, -0.05) is 13.0 Å². The highest BCUT2D eigenvalue weighted by atomic mass is 16.3. The summed E-state index contributed by atoms with van der Waals surface area (Å²) in [5, 5.41) is 19.1. The first-order valence-corrected chi connectivity index (χ1v) is 7.76. The van der Waals surface area contributed by atoms with E-state index in [2.05, 4.69) is 0 Å². The molecule has 0 aliphatic heterocycles. The maximum absolute atomic E-state index is 12.6. The maximum Gasteiger partial charge on any atom is 0.257 e. The molecule has 0 radical (unpaired) electrons. The minimum atomic E-state index is -0.116. The van der Waals surface area contributed by atoms with Gasteiger partial charge in [-0.2, -0.15) is 0 Å². The van der Waals surface area contributed by atoms with Crippen molar-refractivity contribution in [1.82, 2.24) is 4.90 Å². The molecule has 4 heteroatoms. The number of aliphatic hydroxyl groups is 1. The predicted octanol–water partition coefficient (Wildman–Crippen LogP) is 2.58. The van der Waals surface area contributed by atoms with Crippen LogP contribution in [0.4, 0.5) is 0 Å². The van der Waals surface area contributed by atoms with Crippen LogP contribution in [0.15, 0.2) is 18.2 Å². The molecule has 0 atom stereocenters. The third kappa shape index (κ3) is 3.56. The minimum Gasteiger partial charge on any atom is -0.507 e. The van der Waals surface area contributed by atoms with Gasteiger partial charge < -0.3 is 15.1 Å². The summed E-state index contributed by atoms with van der Waals surface area (Å²) in [5.74, 6) is 0.310. The number of rotatable bonds is 4. The lowest BCUT2D eigenvalue weighted by atomic mass is 9.86. The third-order valence-electron chi connectivity index (χ3n) is 4.64. The SMILES string of the molecule is CCc1ccc(O)c(C(=O)N(C)C2CCC(CO)CC2)c1. The second-order valence-corrected chi connectivity index (χ2v) is 5.98. The van der Waals surface area contributed by atoms with E-state index in [0.717, 1.165) is 37.7 Å². The lowest BCUT2D eigenvalue weighted by molar-refractivity contribution is 0.0650. The van der Waals surface area contributed by atoms with E-state index in [1.165, 1.54) is 0 Å². The van der Waals surface area contributed by atoms with Crippen molar-refractivity contribution in [1.29, 1.82) is 0 Å². The minimum absolute atomic E-state index is 0.0492. The number of phenolic OH excluding ortho intramolecular Hbond substituents is 1. The van der Waals surface area contributed by atoms with Crippen molar-refractivity contribution < 1.29 is 15.0 Å². The van der Waals surface area contributed by atoms with Crippen LogP contribution in [0.1, 0.15) is 48.5 Å². The second kappa shape index (κ2) is 6.94. The smallest absolute Gasteiger partial charge is 0.257 e. The van der Waals surface area contributed by atoms with E-state index < -0.39 is 0 Å². The van der Waals surface area contributed by atoms with Crippen molar-refractivity contribution in [2.75, 3.05) is 13.7 Å². The van der Waals surface area contributed by atoms with Gasteiger partial charge in [0.1, 0.15) is 5.75 Å². The van der Waals surface area contributed by atoms with Gasteiger partial charge in [0.15, 0.2) is 0 Å². The molecule has 1 amide bonds. The van der Waals surface area contributed by atoms with Crippen LogP contribution in [0.3, 0.4) is 0 Å². The van der Waals surface area contributed by atoms with Crippen molar-refractivity contribution >= 4 is 5.91 Å². The summed E-state index contributed by atoms with van der Waals surface area (Å²) >= 11 is 0. The number of nitrogens with zero attached hydrogens (tertiary/aromatic N) is 1. The van der Waals surface area contributed by atoms with Crippen molar-refractivity contribution in [2.45, 2.75) is 45.1 Å². The molecule has 1 aromatic carbocycles. The number of carbonyl (C=O) groups is 1. The Balaban J connectivity index is 2.09. The number of phenols is 1. The second-order valence-electron chi connectivity index (χ2n) is 5.98. The topological polar surface area (TPSA) is 60.8 Å². The van der Waals surface area contributed by atoms with E-state index in [1.54, 1.807) is 17.0 Å². The Morgan fingerprint density at radius 1 is 1.29 bits per heavy atom. The molecule has 0 heterocycles. The van der Waals surface area contributed by atoms with Crippen LogP contribution >= 0.6 is 0 Å². The summed E-state index contributed by atoms with van der Waals surface area (Å²) in [6.45, 7) is 2.27. The lowest BCUT2D eigenvalue weighted by Crippen LogP contribution is -2.39. The van der Waals surface area contributed by atoms with E-state index in [1.807, 2.05) is 20.0 Å². The molecule has 4 nitrogen and oxygen atoms in total. The molecule has 0 bridgehead atoms. The summed E-state index contributed by atoms with van der Waals surface area (Å²) in [6, 6.07) is 5.43. The van der Waals surface area contributed by atoms with Gasteiger partial charge in [-0.3, -0.25) is 4.79 Å². The zero-order valence-corrected chi connectivity index (χ0v) is 12.9. The van der Waals surface area contributed by atoms with Gasteiger partial charge in [0.25, 0.3) is 5.91 Å². The molecular weight excluding hydrogens is 266 g/mol. The van der Waals surface area contributed by atoms with Crippen molar-refractivity contribution in [3.63, 3.8) is 0 Å². The molecule has 116 valence electrons. The van der Waals surface area contributed by atoms with Gasteiger partial charge in [0, 0.05) is 19.7 Å². The van der Waals surface area contributed by atoms with Crippen molar-refractivity contribution in [2.24, 2.45) is 5.92 Å². The number of aromatic hydroxyl groups is 1. The molecule has 2 rings (SSSR count). The van der Waals surface area contributed by atoms with E-state index in [-0.39, 0.29) is 24.3 Å². The molecule has 0 unspecified atom stereocenters. The molecule has 21 heavy (non-hydrogen) atoms. The predicted molar refractivity (Wildman–Crippen MR) is 82.4 cm³/mol. The van der Waals surface area contributed by atoms with Gasteiger partial charge in [0.05, 0.1) is 5.56 Å². The first-order chi connectivity index (χ1) is 10.1. The number of aryl methyl sites for hydroxylation is 1. The first kappa shape index (κ1) is 15.8. The van der Waals surface area contributed by atoms with Crippen LogP contribution in [-0.4, -0.2) is 40.7 Å². The molecule has 1 aliphatic carbocycles. The maximum atomic E-state index is 12.6. The number of hydrogen-bond donors (Lipinski definition) is 2. The molecule has 0 saturated heterocycles. The standard InChI is InChI=1S/C17H25NO3/c1-3-12-6-9-16(20)15(10-12)17(21)18(2)14-7-4-13(11-19)5-8-14/h6,9-10,13-14,19-20H,3-5,7-8,11H2,1-2H3. The monoisotopic (exact) mass is 291 g/mol. The Morgan fingerprint density at radius 2 is 1.95 bits per heavy atom.